The summed E-state index contributed by atoms with van der Waals surface area (Å²) in [6.45, 7) is 4.12. The lowest BCUT2D eigenvalue weighted by atomic mass is 10.2. The topological polar surface area (TPSA) is 47.6 Å². The summed E-state index contributed by atoms with van der Waals surface area (Å²) < 4.78 is 9.37. The number of benzene rings is 1. The van der Waals surface area contributed by atoms with Crippen LogP contribution in [-0.4, -0.2) is 26.7 Å². The van der Waals surface area contributed by atoms with Crippen LogP contribution in [0.25, 0.3) is 0 Å². The van der Waals surface area contributed by atoms with Crippen molar-refractivity contribution in [1.29, 1.82) is 0 Å². The summed E-state index contributed by atoms with van der Waals surface area (Å²) in [6, 6.07) is 7.37. The average Bonchev–Trinajstić information content (AvgIpc) is 2.32. The van der Waals surface area contributed by atoms with Crippen molar-refractivity contribution in [3.63, 3.8) is 0 Å². The van der Waals surface area contributed by atoms with Crippen molar-refractivity contribution in [2.24, 2.45) is 0 Å². The van der Waals surface area contributed by atoms with Gasteiger partial charge in [-0.15, -0.1) is 0 Å². The molecule has 1 N–H and O–H groups in total. The van der Waals surface area contributed by atoms with Crippen molar-refractivity contribution in [2.45, 2.75) is 13.8 Å². The third-order valence-corrected chi connectivity index (χ3v) is 1.52. The van der Waals surface area contributed by atoms with Crippen LogP contribution in [0.2, 0.25) is 0 Å². The first kappa shape index (κ1) is 14.5. The fourth-order valence-corrected chi connectivity index (χ4v) is 1.03. The molecule has 1 aromatic rings. The van der Waals surface area contributed by atoms with Gasteiger partial charge in [0.25, 0.3) is 5.91 Å². The molecule has 1 aliphatic rings. The van der Waals surface area contributed by atoms with E-state index in [0.29, 0.717) is 0 Å². The van der Waals surface area contributed by atoms with Gasteiger partial charge in [-0.05, 0) is 12.1 Å². The lowest BCUT2D eigenvalue weighted by Crippen LogP contribution is -2.25. The van der Waals surface area contributed by atoms with Gasteiger partial charge in [-0.25, -0.2) is 0 Å². The number of fused-ring (bicyclic) bond motifs is 1. The van der Waals surface area contributed by atoms with Gasteiger partial charge in [0.15, 0.2) is 6.61 Å². The maximum atomic E-state index is 10.8. The van der Waals surface area contributed by atoms with E-state index in [1.807, 2.05) is 38.1 Å². The van der Waals surface area contributed by atoms with Gasteiger partial charge < -0.3 is 14.8 Å². The monoisotopic (exact) mass is 225 g/mol. The third-order valence-electron chi connectivity index (χ3n) is 1.52. The maximum absolute atomic E-state index is 10.8. The highest BCUT2D eigenvalue weighted by atomic mass is 16.5. The Morgan fingerprint density at radius 1 is 1.25 bits per heavy atom. The number of para-hydroxylation sites is 2. The molecule has 0 saturated heterocycles. The molecule has 0 unspecified atom stereocenters. The van der Waals surface area contributed by atoms with E-state index in [4.69, 9.17) is 4.74 Å². The van der Waals surface area contributed by atoms with E-state index in [9.17, 15) is 4.79 Å². The van der Waals surface area contributed by atoms with Gasteiger partial charge in [-0.2, -0.15) is 0 Å². The van der Waals surface area contributed by atoms with Crippen LogP contribution in [-0.2, 0) is 9.53 Å². The molecule has 2 rings (SSSR count). The first-order valence-electron chi connectivity index (χ1n) is 5.19. The van der Waals surface area contributed by atoms with Crippen molar-refractivity contribution in [2.75, 3.05) is 26.1 Å². The number of hydrogen-bond donors (Lipinski definition) is 1. The van der Waals surface area contributed by atoms with Crippen LogP contribution in [0.5, 0.6) is 5.75 Å². The molecule has 0 atom stereocenters. The van der Waals surface area contributed by atoms with Crippen molar-refractivity contribution in [3.05, 3.63) is 24.3 Å². The fraction of sp³-hybridized carbons (Fsp3) is 0.417. The van der Waals surface area contributed by atoms with Gasteiger partial charge in [-0.3, -0.25) is 4.79 Å². The fourth-order valence-electron chi connectivity index (χ4n) is 1.03. The zero-order valence-corrected chi connectivity index (χ0v) is 10.2. The number of hydrogen-bond acceptors (Lipinski definition) is 3. The predicted molar refractivity (Wildman–Crippen MR) is 64.8 cm³/mol. The minimum Gasteiger partial charge on any atom is -0.482 e. The first-order valence-corrected chi connectivity index (χ1v) is 5.19. The van der Waals surface area contributed by atoms with Gasteiger partial charge in [-0.1, -0.05) is 26.0 Å². The minimum absolute atomic E-state index is 0.0938. The minimum atomic E-state index is -0.0938. The van der Waals surface area contributed by atoms with Crippen LogP contribution < -0.4 is 10.1 Å². The van der Waals surface area contributed by atoms with Crippen LogP contribution in [0.4, 0.5) is 5.69 Å². The van der Waals surface area contributed by atoms with Crippen molar-refractivity contribution < 1.29 is 14.3 Å². The van der Waals surface area contributed by atoms with Crippen LogP contribution in [0, 0.1) is 0 Å². The van der Waals surface area contributed by atoms with Gasteiger partial charge in [0.1, 0.15) is 5.75 Å². The summed E-state index contributed by atoms with van der Waals surface area (Å²) in [7, 11) is 3.25. The third kappa shape index (κ3) is 4.79. The molecule has 0 radical (unpaired) electrons. The summed E-state index contributed by atoms with van der Waals surface area (Å²) in [5.74, 6) is 0.649. The molecule has 4 heteroatoms. The smallest absolute Gasteiger partial charge is 0.262 e. The highest BCUT2D eigenvalue weighted by Crippen LogP contribution is 2.25. The molecule has 4 nitrogen and oxygen atoms in total. The lowest BCUT2D eigenvalue weighted by molar-refractivity contribution is -0.118. The lowest BCUT2D eigenvalue weighted by Gasteiger charge is -2.16. The molecule has 0 saturated carbocycles. The summed E-state index contributed by atoms with van der Waals surface area (Å²) in [5, 5.41) is 2.70. The van der Waals surface area contributed by atoms with Gasteiger partial charge in [0.2, 0.25) is 0 Å². The zero-order chi connectivity index (χ0) is 12.4. The molecular formula is C12H19NO3. The standard InChI is InChI=1S/C8H7NO2.C2H6O.C2H6/c10-8-5-11-7-4-2-1-3-6(7)9-8;1-3-2;1-2/h1-4H,5H2,(H,9,10);1-2H3;1-2H3. The largest absolute Gasteiger partial charge is 0.482 e. The summed E-state index contributed by atoms with van der Waals surface area (Å²) >= 11 is 0. The number of ether oxygens (including phenoxy) is 2. The highest BCUT2D eigenvalue weighted by molar-refractivity contribution is 5.95. The zero-order valence-electron chi connectivity index (χ0n) is 10.2. The van der Waals surface area contributed by atoms with Gasteiger partial charge in [0.05, 0.1) is 5.69 Å². The second-order valence-electron chi connectivity index (χ2n) is 2.74. The predicted octanol–water partition coefficient (Wildman–Crippen LogP) is 2.31. The molecule has 90 valence electrons. The molecule has 0 bridgehead atoms. The number of carbonyl (C=O) groups is 1. The Morgan fingerprint density at radius 2 is 1.81 bits per heavy atom. The molecule has 0 fully saturated rings. The SMILES string of the molecule is CC.COC.O=C1COc2ccccc2N1. The van der Waals surface area contributed by atoms with E-state index < -0.39 is 0 Å². The van der Waals surface area contributed by atoms with Crippen LogP contribution in [0.1, 0.15) is 13.8 Å². The molecule has 1 aromatic carbocycles. The van der Waals surface area contributed by atoms with E-state index in [1.165, 1.54) is 0 Å². The Morgan fingerprint density at radius 3 is 2.44 bits per heavy atom. The Labute approximate surface area is 96.6 Å². The molecule has 1 amide bonds. The number of nitrogens with one attached hydrogen (secondary N) is 1. The molecule has 1 aliphatic heterocycles. The average molecular weight is 225 g/mol. The number of amides is 1. The van der Waals surface area contributed by atoms with Crippen LogP contribution in [0.15, 0.2) is 24.3 Å². The molecule has 0 spiro atoms. The number of rotatable bonds is 0. The Bertz CT molecular complexity index is 313. The summed E-state index contributed by atoms with van der Waals surface area (Å²) in [4.78, 5) is 10.8. The van der Waals surface area contributed by atoms with Crippen LogP contribution >= 0.6 is 0 Å². The van der Waals surface area contributed by atoms with E-state index >= 15 is 0 Å². The molecule has 0 aromatic heterocycles. The first-order chi connectivity index (χ1) is 7.77. The van der Waals surface area contributed by atoms with Crippen LogP contribution in [0.3, 0.4) is 0 Å². The second kappa shape index (κ2) is 8.73. The summed E-state index contributed by atoms with van der Waals surface area (Å²) in [6.07, 6.45) is 0. The molecule has 1 heterocycles. The van der Waals surface area contributed by atoms with Gasteiger partial charge in [0, 0.05) is 14.2 Å². The van der Waals surface area contributed by atoms with E-state index in [0.717, 1.165) is 11.4 Å². The van der Waals surface area contributed by atoms with Crippen molar-refractivity contribution in [3.8, 4) is 5.75 Å². The van der Waals surface area contributed by atoms with Gasteiger partial charge >= 0.3 is 0 Å². The maximum Gasteiger partial charge on any atom is 0.262 e. The molecule has 16 heavy (non-hydrogen) atoms. The quantitative estimate of drug-likeness (QED) is 0.737. The van der Waals surface area contributed by atoms with E-state index in [-0.39, 0.29) is 12.5 Å². The highest BCUT2D eigenvalue weighted by Gasteiger charge is 2.13. The Balaban J connectivity index is 0.000000394. The normalized spacial score (nSPS) is 11.6. The number of carbonyl (C=O) groups excluding carboxylic acids is 1. The number of methoxy groups -OCH3 is 1. The van der Waals surface area contributed by atoms with E-state index in [2.05, 4.69) is 10.1 Å². The Kier molecular flexibility index (Phi) is 7.89. The molecular weight excluding hydrogens is 206 g/mol. The van der Waals surface area contributed by atoms with Crippen molar-refractivity contribution in [1.82, 2.24) is 0 Å². The second-order valence-corrected chi connectivity index (χ2v) is 2.74. The number of anilines is 1. The van der Waals surface area contributed by atoms with E-state index in [1.54, 1.807) is 14.2 Å². The Hall–Kier alpha value is -1.55. The van der Waals surface area contributed by atoms with Crippen molar-refractivity contribution >= 4 is 11.6 Å². The summed E-state index contributed by atoms with van der Waals surface area (Å²) in [5.41, 5.74) is 0.753. The molecule has 0 aliphatic carbocycles.